The van der Waals surface area contributed by atoms with Gasteiger partial charge in [0.1, 0.15) is 5.82 Å². The van der Waals surface area contributed by atoms with Crippen LogP contribution < -0.4 is 4.90 Å². The summed E-state index contributed by atoms with van der Waals surface area (Å²) >= 11 is 7.76. The Kier molecular flexibility index (Phi) is 3.73. The molecule has 0 saturated heterocycles. The molecule has 3 rings (SSSR count). The average molecular weight is 295 g/mol. The number of rotatable bonds is 5. The van der Waals surface area contributed by atoms with Crippen molar-refractivity contribution in [3.63, 3.8) is 0 Å². The van der Waals surface area contributed by atoms with Gasteiger partial charge < -0.3 is 10.0 Å². The predicted molar refractivity (Wildman–Crippen MR) is 78.7 cm³/mol. The van der Waals surface area contributed by atoms with Crippen LogP contribution in [0.3, 0.4) is 0 Å². The molecule has 1 fully saturated rings. The van der Waals surface area contributed by atoms with Gasteiger partial charge in [0.15, 0.2) is 0 Å². The molecule has 2 aromatic heterocycles. The van der Waals surface area contributed by atoms with E-state index in [0.29, 0.717) is 11.1 Å². The van der Waals surface area contributed by atoms with Gasteiger partial charge in [0.2, 0.25) is 0 Å². The Hall–Kier alpha value is -1.10. The standard InChI is InChI=1S/C14H15ClN2OS/c15-13-7-16-14(6-10(13)9-18)17(11-3-4-11)8-12-2-1-5-19-12/h1-2,5-7,11,18H,3-4,8-9H2. The predicted octanol–water partition coefficient (Wildman–Crippen LogP) is 3.46. The maximum Gasteiger partial charge on any atom is 0.129 e. The van der Waals surface area contributed by atoms with Gasteiger partial charge in [-0.25, -0.2) is 4.98 Å². The summed E-state index contributed by atoms with van der Waals surface area (Å²) in [6.45, 7) is 0.827. The first kappa shape index (κ1) is 12.9. The molecular formula is C14H15ClN2OS. The van der Waals surface area contributed by atoms with E-state index >= 15 is 0 Å². The molecule has 2 aromatic rings. The van der Waals surface area contributed by atoms with Gasteiger partial charge in [-0.2, -0.15) is 0 Å². The second kappa shape index (κ2) is 5.49. The Morgan fingerprint density at radius 3 is 2.95 bits per heavy atom. The van der Waals surface area contributed by atoms with E-state index in [4.69, 9.17) is 11.6 Å². The van der Waals surface area contributed by atoms with E-state index < -0.39 is 0 Å². The fourth-order valence-corrected chi connectivity index (χ4v) is 2.97. The van der Waals surface area contributed by atoms with Crippen molar-refractivity contribution >= 4 is 28.8 Å². The molecule has 0 amide bonds. The van der Waals surface area contributed by atoms with Crippen LogP contribution in [-0.2, 0) is 13.2 Å². The van der Waals surface area contributed by atoms with Crippen LogP contribution in [0.15, 0.2) is 29.8 Å². The zero-order chi connectivity index (χ0) is 13.2. The molecule has 3 nitrogen and oxygen atoms in total. The van der Waals surface area contributed by atoms with Crippen LogP contribution in [-0.4, -0.2) is 16.1 Å². The lowest BCUT2D eigenvalue weighted by molar-refractivity contribution is 0.282. The summed E-state index contributed by atoms with van der Waals surface area (Å²) in [7, 11) is 0. The van der Waals surface area contributed by atoms with E-state index in [2.05, 4.69) is 27.4 Å². The molecule has 0 spiro atoms. The quantitative estimate of drug-likeness (QED) is 0.917. The zero-order valence-electron chi connectivity index (χ0n) is 10.4. The second-order valence-electron chi connectivity index (χ2n) is 4.73. The Morgan fingerprint density at radius 1 is 1.47 bits per heavy atom. The molecule has 1 aliphatic carbocycles. The molecule has 0 atom stereocenters. The average Bonchev–Trinajstić information content (AvgIpc) is 3.14. The highest BCUT2D eigenvalue weighted by Crippen LogP contribution is 2.33. The summed E-state index contributed by atoms with van der Waals surface area (Å²) in [4.78, 5) is 8.05. The van der Waals surface area contributed by atoms with E-state index in [1.54, 1.807) is 17.5 Å². The van der Waals surface area contributed by atoms with Crippen molar-refractivity contribution in [3.05, 3.63) is 45.2 Å². The topological polar surface area (TPSA) is 36.4 Å². The smallest absolute Gasteiger partial charge is 0.129 e. The molecule has 1 N–H and O–H groups in total. The molecular weight excluding hydrogens is 280 g/mol. The maximum absolute atomic E-state index is 9.31. The minimum Gasteiger partial charge on any atom is -0.392 e. The van der Waals surface area contributed by atoms with E-state index in [1.807, 2.05) is 6.07 Å². The van der Waals surface area contributed by atoms with Gasteiger partial charge in [-0.3, -0.25) is 0 Å². The Balaban J connectivity index is 1.87. The molecule has 1 saturated carbocycles. The van der Waals surface area contributed by atoms with Gasteiger partial charge in [0.25, 0.3) is 0 Å². The van der Waals surface area contributed by atoms with Crippen molar-refractivity contribution in [1.29, 1.82) is 0 Å². The number of halogens is 1. The highest BCUT2D eigenvalue weighted by atomic mass is 35.5. The number of hydrogen-bond donors (Lipinski definition) is 1. The summed E-state index contributed by atoms with van der Waals surface area (Å²) < 4.78 is 0. The molecule has 2 heterocycles. The first-order valence-corrected chi connectivity index (χ1v) is 7.58. The number of aliphatic hydroxyl groups is 1. The van der Waals surface area contributed by atoms with Crippen LogP contribution in [0.4, 0.5) is 5.82 Å². The molecule has 0 unspecified atom stereocenters. The van der Waals surface area contributed by atoms with Crippen molar-refractivity contribution in [1.82, 2.24) is 4.98 Å². The molecule has 0 radical (unpaired) electrons. The number of aliphatic hydroxyl groups excluding tert-OH is 1. The van der Waals surface area contributed by atoms with Crippen molar-refractivity contribution in [2.45, 2.75) is 32.0 Å². The maximum atomic E-state index is 9.31. The van der Waals surface area contributed by atoms with Crippen LogP contribution >= 0.6 is 22.9 Å². The number of thiophene rings is 1. The van der Waals surface area contributed by atoms with Gasteiger partial charge in [0, 0.05) is 22.7 Å². The zero-order valence-corrected chi connectivity index (χ0v) is 12.0. The fourth-order valence-electron chi connectivity index (χ4n) is 2.10. The van der Waals surface area contributed by atoms with Crippen molar-refractivity contribution in [3.8, 4) is 0 Å². The summed E-state index contributed by atoms with van der Waals surface area (Å²) in [6.07, 6.45) is 4.06. The SMILES string of the molecule is OCc1cc(N(Cc2cccs2)C2CC2)ncc1Cl. The summed E-state index contributed by atoms with van der Waals surface area (Å²) in [5, 5.41) is 11.9. The van der Waals surface area contributed by atoms with Crippen molar-refractivity contribution in [2.75, 3.05) is 4.90 Å². The third-order valence-electron chi connectivity index (χ3n) is 3.28. The Bertz CT molecular complexity index is 555. The molecule has 1 aliphatic rings. The van der Waals surface area contributed by atoms with Gasteiger partial charge in [-0.05, 0) is 30.4 Å². The summed E-state index contributed by atoms with van der Waals surface area (Å²) in [5.41, 5.74) is 0.739. The third-order valence-corrected chi connectivity index (χ3v) is 4.48. The lowest BCUT2D eigenvalue weighted by Gasteiger charge is -2.23. The Morgan fingerprint density at radius 2 is 2.32 bits per heavy atom. The molecule has 19 heavy (non-hydrogen) atoms. The number of aromatic nitrogens is 1. The van der Waals surface area contributed by atoms with E-state index in [0.717, 1.165) is 17.9 Å². The lowest BCUT2D eigenvalue weighted by atomic mass is 10.2. The van der Waals surface area contributed by atoms with Crippen LogP contribution in [0.1, 0.15) is 23.3 Å². The number of pyridine rings is 1. The first-order chi connectivity index (χ1) is 9.28. The number of hydrogen-bond acceptors (Lipinski definition) is 4. The minimum absolute atomic E-state index is 0.0497. The highest BCUT2D eigenvalue weighted by molar-refractivity contribution is 7.09. The van der Waals surface area contributed by atoms with Gasteiger partial charge >= 0.3 is 0 Å². The molecule has 0 aromatic carbocycles. The third kappa shape index (κ3) is 2.91. The van der Waals surface area contributed by atoms with Gasteiger partial charge in [0.05, 0.1) is 18.2 Å². The summed E-state index contributed by atoms with van der Waals surface area (Å²) in [5.74, 6) is 0.907. The van der Waals surface area contributed by atoms with E-state index in [-0.39, 0.29) is 6.61 Å². The highest BCUT2D eigenvalue weighted by Gasteiger charge is 2.30. The fraction of sp³-hybridized carbons (Fsp3) is 0.357. The molecule has 0 aliphatic heterocycles. The van der Waals surface area contributed by atoms with Crippen LogP contribution in [0.25, 0.3) is 0 Å². The van der Waals surface area contributed by atoms with Crippen molar-refractivity contribution in [2.24, 2.45) is 0 Å². The van der Waals surface area contributed by atoms with Gasteiger partial charge in [-0.15, -0.1) is 11.3 Å². The molecule has 5 heteroatoms. The van der Waals surface area contributed by atoms with Crippen molar-refractivity contribution < 1.29 is 5.11 Å². The minimum atomic E-state index is -0.0497. The van der Waals surface area contributed by atoms with Crippen LogP contribution in [0.5, 0.6) is 0 Å². The lowest BCUT2D eigenvalue weighted by Crippen LogP contribution is -2.25. The largest absolute Gasteiger partial charge is 0.392 e. The Labute approximate surface area is 121 Å². The van der Waals surface area contributed by atoms with E-state index in [9.17, 15) is 5.11 Å². The van der Waals surface area contributed by atoms with E-state index in [1.165, 1.54) is 17.7 Å². The molecule has 0 bridgehead atoms. The number of nitrogens with zero attached hydrogens (tertiary/aromatic N) is 2. The molecule has 100 valence electrons. The second-order valence-corrected chi connectivity index (χ2v) is 6.17. The normalized spacial score (nSPS) is 14.6. The first-order valence-electron chi connectivity index (χ1n) is 6.32. The number of anilines is 1. The van der Waals surface area contributed by atoms with Crippen LogP contribution in [0, 0.1) is 0 Å². The van der Waals surface area contributed by atoms with Crippen LogP contribution in [0.2, 0.25) is 5.02 Å². The van der Waals surface area contributed by atoms with Gasteiger partial charge in [-0.1, -0.05) is 17.7 Å². The monoisotopic (exact) mass is 294 g/mol. The summed E-state index contributed by atoms with van der Waals surface area (Å²) in [6, 6.07) is 6.68.